The second-order valence-corrected chi connectivity index (χ2v) is 2.81. The molecule has 0 saturated carbocycles. The van der Waals surface area contributed by atoms with Crippen LogP contribution < -0.4 is 5.56 Å². The van der Waals surface area contributed by atoms with Crippen LogP contribution in [0.1, 0.15) is 0 Å². The first-order valence-corrected chi connectivity index (χ1v) is 4.18. The van der Waals surface area contributed by atoms with Crippen LogP contribution >= 0.6 is 11.8 Å². The minimum Gasteiger partial charge on any atom is -0.505 e. The third-order valence-corrected chi connectivity index (χ3v) is 2.07. The van der Waals surface area contributed by atoms with Crippen molar-refractivity contribution in [3.05, 3.63) is 16.6 Å². The van der Waals surface area contributed by atoms with Crippen LogP contribution in [0.25, 0.3) is 0 Å². The highest BCUT2D eigenvalue weighted by Crippen LogP contribution is 2.19. The van der Waals surface area contributed by atoms with E-state index in [4.69, 9.17) is 5.11 Å². The van der Waals surface area contributed by atoms with Gasteiger partial charge in [-0.05, 0) is 6.26 Å². The summed E-state index contributed by atoms with van der Waals surface area (Å²) in [4.78, 5) is 11.5. The van der Waals surface area contributed by atoms with Crippen LogP contribution in [0.2, 0.25) is 0 Å². The van der Waals surface area contributed by atoms with Crippen molar-refractivity contribution in [2.24, 2.45) is 7.05 Å². The largest absolute Gasteiger partial charge is 0.505 e. The van der Waals surface area contributed by atoms with E-state index in [1.54, 1.807) is 13.3 Å². The van der Waals surface area contributed by atoms with E-state index in [-0.39, 0.29) is 11.3 Å². The van der Waals surface area contributed by atoms with Gasteiger partial charge < -0.3 is 5.11 Å². The highest BCUT2D eigenvalue weighted by atomic mass is 32.2. The molecule has 60 valence electrons. The second-order valence-electron chi connectivity index (χ2n) is 1.99. The second kappa shape index (κ2) is 2.96. The summed E-state index contributed by atoms with van der Waals surface area (Å²) < 4.78 is 1.19. The molecule has 1 heterocycles. The number of hydrogen-bond donors (Lipinski definition) is 1. The first-order valence-electron chi connectivity index (χ1n) is 2.96. The first-order chi connectivity index (χ1) is 5.16. The Morgan fingerprint density at radius 2 is 2.36 bits per heavy atom. The molecule has 0 atom stereocenters. The summed E-state index contributed by atoms with van der Waals surface area (Å²) in [6.07, 6.45) is 2.99. The maximum atomic E-state index is 11.1. The average Bonchev–Trinajstić information content (AvgIpc) is 1.99. The summed E-state index contributed by atoms with van der Waals surface area (Å²) in [5.74, 6) is -0.0550. The van der Waals surface area contributed by atoms with Gasteiger partial charge in [0.2, 0.25) is 0 Å². The Morgan fingerprint density at radius 3 is 2.82 bits per heavy atom. The van der Waals surface area contributed by atoms with Crippen LogP contribution in [0.4, 0.5) is 0 Å². The van der Waals surface area contributed by atoms with Crippen molar-refractivity contribution in [2.75, 3.05) is 6.26 Å². The number of rotatable bonds is 1. The topological polar surface area (TPSA) is 55.1 Å². The van der Waals surface area contributed by atoms with Crippen LogP contribution in [0.15, 0.2) is 15.9 Å². The van der Waals surface area contributed by atoms with Gasteiger partial charge in [0.25, 0.3) is 5.56 Å². The molecule has 0 aliphatic rings. The van der Waals surface area contributed by atoms with Crippen LogP contribution in [-0.4, -0.2) is 21.1 Å². The lowest BCUT2D eigenvalue weighted by Crippen LogP contribution is -2.20. The van der Waals surface area contributed by atoms with Gasteiger partial charge in [-0.1, -0.05) is 0 Å². The molecule has 0 unspecified atom stereocenters. The molecule has 0 radical (unpaired) electrons. The SMILES string of the molecule is CSc1c(O)cnn(C)c1=O. The molecular formula is C6H8N2O2S. The third kappa shape index (κ3) is 1.37. The molecule has 1 aromatic rings. The molecule has 0 spiro atoms. The van der Waals surface area contributed by atoms with E-state index in [1.807, 2.05) is 0 Å². The lowest BCUT2D eigenvalue weighted by Gasteiger charge is -2.00. The predicted octanol–water partition coefficient (Wildman–Crippen LogP) is 0.208. The van der Waals surface area contributed by atoms with Crippen LogP contribution in [0.3, 0.4) is 0 Å². The van der Waals surface area contributed by atoms with Gasteiger partial charge in [0, 0.05) is 7.05 Å². The average molecular weight is 172 g/mol. The molecule has 0 saturated heterocycles. The molecule has 0 aromatic carbocycles. The standard InChI is InChI=1S/C6H8N2O2S/c1-8-6(10)5(11-2)4(9)3-7-8/h3,9H,1-2H3. The zero-order chi connectivity index (χ0) is 8.43. The quantitative estimate of drug-likeness (QED) is 0.615. The Balaban J connectivity index is 3.41. The van der Waals surface area contributed by atoms with Crippen molar-refractivity contribution in [1.29, 1.82) is 0 Å². The molecule has 0 aliphatic carbocycles. The summed E-state index contributed by atoms with van der Waals surface area (Å²) in [6, 6.07) is 0. The van der Waals surface area contributed by atoms with Crippen LogP contribution in [0.5, 0.6) is 5.75 Å². The highest BCUT2D eigenvalue weighted by Gasteiger charge is 2.05. The third-order valence-electron chi connectivity index (χ3n) is 1.28. The van der Waals surface area contributed by atoms with Gasteiger partial charge in [-0.3, -0.25) is 4.79 Å². The van der Waals surface area contributed by atoms with Crippen molar-refractivity contribution >= 4 is 11.8 Å². The van der Waals surface area contributed by atoms with Gasteiger partial charge in [0.05, 0.1) is 6.20 Å². The number of aromatic nitrogens is 2. The summed E-state index contributed by atoms with van der Waals surface area (Å²) in [6.45, 7) is 0. The van der Waals surface area contributed by atoms with E-state index in [0.717, 1.165) is 0 Å². The molecule has 5 heteroatoms. The summed E-state index contributed by atoms with van der Waals surface area (Å²) >= 11 is 1.21. The number of hydrogen-bond acceptors (Lipinski definition) is 4. The molecule has 1 N–H and O–H groups in total. The number of thioether (sulfide) groups is 1. The number of aryl methyl sites for hydroxylation is 1. The number of nitrogens with zero attached hydrogens (tertiary/aromatic N) is 2. The zero-order valence-electron chi connectivity index (χ0n) is 6.24. The van der Waals surface area contributed by atoms with Crippen LogP contribution in [0, 0.1) is 0 Å². The normalized spacial score (nSPS) is 10.0. The lowest BCUT2D eigenvalue weighted by atomic mass is 10.5. The zero-order valence-corrected chi connectivity index (χ0v) is 7.05. The van der Waals surface area contributed by atoms with Crippen molar-refractivity contribution in [3.8, 4) is 5.75 Å². The summed E-state index contributed by atoms with van der Waals surface area (Å²) in [5.41, 5.74) is -0.266. The van der Waals surface area contributed by atoms with E-state index in [1.165, 1.54) is 22.6 Å². The molecule has 1 rings (SSSR count). The van der Waals surface area contributed by atoms with Crippen molar-refractivity contribution in [3.63, 3.8) is 0 Å². The Morgan fingerprint density at radius 1 is 1.73 bits per heavy atom. The van der Waals surface area contributed by atoms with E-state index in [2.05, 4.69) is 5.10 Å². The minimum atomic E-state index is -0.266. The molecule has 11 heavy (non-hydrogen) atoms. The van der Waals surface area contributed by atoms with Gasteiger partial charge in [-0.25, -0.2) is 4.68 Å². The maximum Gasteiger partial charge on any atom is 0.283 e. The predicted molar refractivity (Wildman–Crippen MR) is 42.9 cm³/mol. The van der Waals surface area contributed by atoms with E-state index >= 15 is 0 Å². The van der Waals surface area contributed by atoms with Gasteiger partial charge in [0.1, 0.15) is 4.90 Å². The minimum absolute atomic E-state index is 0.0550. The number of aromatic hydroxyl groups is 1. The molecular weight excluding hydrogens is 164 g/mol. The van der Waals surface area contributed by atoms with E-state index in [0.29, 0.717) is 4.90 Å². The van der Waals surface area contributed by atoms with Crippen molar-refractivity contribution in [1.82, 2.24) is 9.78 Å². The Bertz CT molecular complexity index is 321. The van der Waals surface area contributed by atoms with Gasteiger partial charge in [-0.15, -0.1) is 11.8 Å². The Labute approximate surface area is 67.9 Å². The fourth-order valence-corrected chi connectivity index (χ4v) is 1.27. The van der Waals surface area contributed by atoms with Crippen molar-refractivity contribution in [2.45, 2.75) is 4.90 Å². The summed E-state index contributed by atoms with van der Waals surface area (Å²) in [5, 5.41) is 12.7. The molecule has 4 nitrogen and oxygen atoms in total. The lowest BCUT2D eigenvalue weighted by molar-refractivity contribution is 0.448. The van der Waals surface area contributed by atoms with Gasteiger partial charge in [0.15, 0.2) is 5.75 Å². The van der Waals surface area contributed by atoms with Gasteiger partial charge >= 0.3 is 0 Å². The molecule has 0 amide bonds. The Hall–Kier alpha value is -0.970. The first kappa shape index (κ1) is 8.13. The fraction of sp³-hybridized carbons (Fsp3) is 0.333. The molecule has 0 bridgehead atoms. The monoisotopic (exact) mass is 172 g/mol. The maximum absolute atomic E-state index is 11.1. The molecule has 1 aromatic heterocycles. The molecule has 0 aliphatic heterocycles. The Kier molecular flexibility index (Phi) is 2.19. The fourth-order valence-electron chi connectivity index (χ4n) is 0.701. The van der Waals surface area contributed by atoms with E-state index in [9.17, 15) is 4.79 Å². The highest BCUT2D eigenvalue weighted by molar-refractivity contribution is 7.98. The van der Waals surface area contributed by atoms with Crippen LogP contribution in [-0.2, 0) is 7.05 Å². The molecule has 0 fully saturated rings. The van der Waals surface area contributed by atoms with E-state index < -0.39 is 0 Å². The summed E-state index contributed by atoms with van der Waals surface area (Å²) in [7, 11) is 1.54. The smallest absolute Gasteiger partial charge is 0.283 e. The van der Waals surface area contributed by atoms with Crippen molar-refractivity contribution < 1.29 is 5.11 Å². The van der Waals surface area contributed by atoms with Gasteiger partial charge in [-0.2, -0.15) is 5.10 Å².